The number of carbonyl (C=O) groups is 1. The number of primary amides is 1. The molecule has 0 aliphatic rings. The van der Waals surface area contributed by atoms with Crippen molar-refractivity contribution < 1.29 is 14.3 Å². The maximum Gasteiger partial charge on any atom is 0.263 e. The average Bonchev–Trinajstić information content (AvgIpc) is 2.59. The Morgan fingerprint density at radius 2 is 1.91 bits per heavy atom. The zero-order valence-corrected chi connectivity index (χ0v) is 12.6. The average molecular weight is 308 g/mol. The van der Waals surface area contributed by atoms with Crippen LogP contribution < -0.4 is 15.2 Å². The second-order valence-electron chi connectivity index (χ2n) is 5.00. The molecule has 1 heterocycles. The van der Waals surface area contributed by atoms with Gasteiger partial charge in [0.2, 0.25) is 6.10 Å². The van der Waals surface area contributed by atoms with E-state index in [1.807, 2.05) is 48.5 Å². The summed E-state index contributed by atoms with van der Waals surface area (Å²) in [5.41, 5.74) is 6.93. The molecule has 1 amide bonds. The Labute approximate surface area is 133 Å². The fourth-order valence-electron chi connectivity index (χ4n) is 2.38. The van der Waals surface area contributed by atoms with Gasteiger partial charge in [0, 0.05) is 23.2 Å². The van der Waals surface area contributed by atoms with E-state index in [9.17, 15) is 4.79 Å². The van der Waals surface area contributed by atoms with Gasteiger partial charge in [-0.1, -0.05) is 30.3 Å². The third-order valence-electron chi connectivity index (χ3n) is 3.52. The van der Waals surface area contributed by atoms with Crippen molar-refractivity contribution in [1.82, 2.24) is 4.98 Å². The highest BCUT2D eigenvalue weighted by molar-refractivity contribution is 5.87. The fraction of sp³-hybridized carbons (Fsp3) is 0.111. The Bertz CT molecular complexity index is 834. The number of amides is 1. The van der Waals surface area contributed by atoms with Crippen LogP contribution >= 0.6 is 0 Å². The van der Waals surface area contributed by atoms with Gasteiger partial charge in [-0.15, -0.1) is 0 Å². The first kappa shape index (κ1) is 14.8. The Kier molecular flexibility index (Phi) is 4.10. The summed E-state index contributed by atoms with van der Waals surface area (Å²) in [5.74, 6) is 0.705. The Hall–Kier alpha value is -3.08. The van der Waals surface area contributed by atoms with E-state index in [1.165, 1.54) is 0 Å². The number of nitrogens with two attached hydrogens (primary N) is 1. The molecule has 0 aliphatic heterocycles. The van der Waals surface area contributed by atoms with Crippen LogP contribution in [0.5, 0.6) is 11.5 Å². The van der Waals surface area contributed by atoms with Crippen molar-refractivity contribution >= 4 is 16.8 Å². The smallest absolute Gasteiger partial charge is 0.263 e. The normalized spacial score (nSPS) is 11.9. The van der Waals surface area contributed by atoms with Crippen LogP contribution in [0, 0.1) is 0 Å². The predicted octanol–water partition coefficient (Wildman–Crippen LogP) is 2.85. The van der Waals surface area contributed by atoms with Gasteiger partial charge in [-0.05, 0) is 18.2 Å². The molecule has 0 saturated heterocycles. The van der Waals surface area contributed by atoms with Gasteiger partial charge in [0.25, 0.3) is 5.91 Å². The first-order valence-electron chi connectivity index (χ1n) is 7.12. The molecule has 0 bridgehead atoms. The molecule has 0 spiro atoms. The highest BCUT2D eigenvalue weighted by atomic mass is 16.5. The van der Waals surface area contributed by atoms with Gasteiger partial charge < -0.3 is 15.2 Å². The third kappa shape index (κ3) is 3.08. The fourth-order valence-corrected chi connectivity index (χ4v) is 2.38. The van der Waals surface area contributed by atoms with Gasteiger partial charge in [0.15, 0.2) is 0 Å². The Morgan fingerprint density at radius 1 is 1.13 bits per heavy atom. The van der Waals surface area contributed by atoms with Crippen LogP contribution in [-0.4, -0.2) is 18.0 Å². The zero-order valence-electron chi connectivity index (χ0n) is 12.6. The van der Waals surface area contributed by atoms with E-state index >= 15 is 0 Å². The molecule has 1 atom stereocenters. The number of methoxy groups -OCH3 is 1. The summed E-state index contributed by atoms with van der Waals surface area (Å²) < 4.78 is 11.1. The molecule has 0 radical (unpaired) electrons. The van der Waals surface area contributed by atoms with Crippen LogP contribution in [0.15, 0.2) is 60.8 Å². The van der Waals surface area contributed by atoms with Crippen molar-refractivity contribution in [2.75, 3.05) is 7.11 Å². The lowest BCUT2D eigenvalue weighted by atomic mass is 10.1. The van der Waals surface area contributed by atoms with E-state index in [0.717, 1.165) is 10.9 Å². The van der Waals surface area contributed by atoms with Crippen LogP contribution in [-0.2, 0) is 4.79 Å². The minimum absolute atomic E-state index is 0.547. The predicted molar refractivity (Wildman–Crippen MR) is 87.3 cm³/mol. The molecule has 1 unspecified atom stereocenters. The van der Waals surface area contributed by atoms with Gasteiger partial charge in [-0.25, -0.2) is 0 Å². The molecule has 3 rings (SSSR count). The maximum atomic E-state index is 11.8. The lowest BCUT2D eigenvalue weighted by Gasteiger charge is -2.17. The molecule has 2 N–H and O–H groups in total. The molecule has 5 nitrogen and oxygen atoms in total. The summed E-state index contributed by atoms with van der Waals surface area (Å²) in [6, 6.07) is 16.4. The van der Waals surface area contributed by atoms with Crippen LogP contribution in [0.2, 0.25) is 0 Å². The summed E-state index contributed by atoms with van der Waals surface area (Å²) in [5, 5.41) is 0.787. The molecule has 3 aromatic rings. The lowest BCUT2D eigenvalue weighted by Crippen LogP contribution is -2.26. The van der Waals surface area contributed by atoms with Gasteiger partial charge in [0.05, 0.1) is 12.6 Å². The van der Waals surface area contributed by atoms with E-state index in [2.05, 4.69) is 4.98 Å². The number of hydrogen-bond acceptors (Lipinski definition) is 4. The molecule has 116 valence electrons. The van der Waals surface area contributed by atoms with E-state index in [0.29, 0.717) is 17.1 Å². The summed E-state index contributed by atoms with van der Waals surface area (Å²) >= 11 is 0. The number of aromatic nitrogens is 1. The largest absolute Gasteiger partial charge is 0.497 e. The number of hydrogen-bond donors (Lipinski definition) is 1. The summed E-state index contributed by atoms with van der Waals surface area (Å²) in [6.07, 6.45) is 0.768. The summed E-state index contributed by atoms with van der Waals surface area (Å²) in [7, 11) is 1.60. The minimum Gasteiger partial charge on any atom is -0.497 e. The summed E-state index contributed by atoms with van der Waals surface area (Å²) in [6.45, 7) is 0. The number of fused-ring (bicyclic) bond motifs is 1. The molecule has 5 heteroatoms. The van der Waals surface area contributed by atoms with Crippen LogP contribution in [0.25, 0.3) is 10.9 Å². The van der Waals surface area contributed by atoms with Crippen molar-refractivity contribution in [2.45, 2.75) is 6.10 Å². The molecular weight excluding hydrogens is 292 g/mol. The number of ether oxygens (including phenoxy) is 2. The molecule has 2 aromatic carbocycles. The van der Waals surface area contributed by atoms with Gasteiger partial charge in [0.1, 0.15) is 11.5 Å². The Morgan fingerprint density at radius 3 is 2.61 bits per heavy atom. The molecule has 1 aromatic heterocycles. The number of pyridine rings is 1. The van der Waals surface area contributed by atoms with Crippen LogP contribution in [0.1, 0.15) is 11.7 Å². The second-order valence-corrected chi connectivity index (χ2v) is 5.00. The van der Waals surface area contributed by atoms with E-state index in [-0.39, 0.29) is 0 Å². The number of rotatable bonds is 5. The van der Waals surface area contributed by atoms with Crippen molar-refractivity contribution in [3.8, 4) is 11.5 Å². The topological polar surface area (TPSA) is 74.4 Å². The third-order valence-corrected chi connectivity index (χ3v) is 3.52. The minimum atomic E-state index is -0.857. The summed E-state index contributed by atoms with van der Waals surface area (Å²) in [4.78, 5) is 16.1. The molecular formula is C18H16N2O3. The quantitative estimate of drug-likeness (QED) is 0.786. The first-order valence-corrected chi connectivity index (χ1v) is 7.12. The monoisotopic (exact) mass is 308 g/mol. The highest BCUT2D eigenvalue weighted by Crippen LogP contribution is 2.30. The molecule has 0 saturated carbocycles. The second kappa shape index (κ2) is 6.36. The zero-order chi connectivity index (χ0) is 16.2. The SMILES string of the molecule is COc1ccc2c(OC(C(N)=O)c3ccccc3)ccnc2c1. The van der Waals surface area contributed by atoms with Gasteiger partial charge >= 0.3 is 0 Å². The van der Waals surface area contributed by atoms with E-state index in [4.69, 9.17) is 15.2 Å². The van der Waals surface area contributed by atoms with E-state index < -0.39 is 12.0 Å². The van der Waals surface area contributed by atoms with Gasteiger partial charge in [-0.3, -0.25) is 9.78 Å². The first-order chi connectivity index (χ1) is 11.2. The number of benzene rings is 2. The lowest BCUT2D eigenvalue weighted by molar-refractivity contribution is -0.124. The maximum absolute atomic E-state index is 11.8. The van der Waals surface area contributed by atoms with E-state index in [1.54, 1.807) is 19.4 Å². The van der Waals surface area contributed by atoms with Crippen molar-refractivity contribution in [3.63, 3.8) is 0 Å². The van der Waals surface area contributed by atoms with Crippen LogP contribution in [0.3, 0.4) is 0 Å². The van der Waals surface area contributed by atoms with Crippen molar-refractivity contribution in [1.29, 1.82) is 0 Å². The molecule has 0 aliphatic carbocycles. The number of carbonyl (C=O) groups excluding carboxylic acids is 1. The molecule has 23 heavy (non-hydrogen) atoms. The van der Waals surface area contributed by atoms with Crippen LogP contribution in [0.4, 0.5) is 0 Å². The van der Waals surface area contributed by atoms with Crippen molar-refractivity contribution in [3.05, 3.63) is 66.4 Å². The molecule has 0 fully saturated rings. The number of nitrogens with zero attached hydrogens (tertiary/aromatic N) is 1. The van der Waals surface area contributed by atoms with Crippen molar-refractivity contribution in [2.24, 2.45) is 5.73 Å². The van der Waals surface area contributed by atoms with Gasteiger partial charge in [-0.2, -0.15) is 0 Å². The Balaban J connectivity index is 2.01. The highest BCUT2D eigenvalue weighted by Gasteiger charge is 2.20. The standard InChI is InChI=1S/C18H16N2O3/c1-22-13-7-8-14-15(11-13)20-10-9-16(14)23-17(18(19)21)12-5-3-2-4-6-12/h2-11,17H,1H3,(H2,19,21).